The Morgan fingerprint density at radius 3 is 2.40 bits per heavy atom. The molecule has 0 saturated heterocycles. The van der Waals surface area contributed by atoms with Crippen LogP contribution < -0.4 is 4.74 Å². The maximum Gasteiger partial charge on any atom is 0.129 e. The lowest BCUT2D eigenvalue weighted by molar-refractivity contribution is -0.117. The smallest absolute Gasteiger partial charge is 0.129 e. The van der Waals surface area contributed by atoms with Crippen LogP contribution in [0.1, 0.15) is 64.2 Å². The molecule has 0 amide bonds. The van der Waals surface area contributed by atoms with Crippen LogP contribution in [0, 0.1) is 6.92 Å². The number of hydrogen-bond donors (Lipinski definition) is 0. The van der Waals surface area contributed by atoms with Crippen LogP contribution in [0.15, 0.2) is 12.1 Å². The highest BCUT2D eigenvalue weighted by molar-refractivity contribution is 5.75. The molecule has 0 radical (unpaired) electrons. The van der Waals surface area contributed by atoms with E-state index >= 15 is 0 Å². The minimum Gasteiger partial charge on any atom is -0.493 e. The largest absolute Gasteiger partial charge is 0.493 e. The van der Waals surface area contributed by atoms with Crippen molar-refractivity contribution in [2.45, 2.75) is 66.2 Å². The van der Waals surface area contributed by atoms with Crippen LogP contribution in [0.2, 0.25) is 0 Å². The molecule has 0 heterocycles. The van der Waals surface area contributed by atoms with Crippen molar-refractivity contribution in [1.29, 1.82) is 0 Å². The summed E-state index contributed by atoms with van der Waals surface area (Å²) in [6.45, 7) is 13.1. The predicted octanol–water partition coefficient (Wildman–Crippen LogP) is 4.60. The molecule has 0 aliphatic heterocycles. The van der Waals surface area contributed by atoms with E-state index in [0.717, 1.165) is 18.6 Å². The van der Waals surface area contributed by atoms with Gasteiger partial charge < -0.3 is 9.53 Å². The first-order valence-corrected chi connectivity index (χ1v) is 7.52. The lowest BCUT2D eigenvalue weighted by Crippen LogP contribution is -2.15. The molecule has 0 aliphatic rings. The molecule has 0 saturated carbocycles. The highest BCUT2D eigenvalue weighted by atomic mass is 16.5. The van der Waals surface area contributed by atoms with Gasteiger partial charge in [-0.15, -0.1) is 0 Å². The van der Waals surface area contributed by atoms with Crippen molar-refractivity contribution in [2.24, 2.45) is 0 Å². The fourth-order valence-electron chi connectivity index (χ4n) is 2.43. The van der Waals surface area contributed by atoms with Crippen molar-refractivity contribution in [1.82, 2.24) is 0 Å². The van der Waals surface area contributed by atoms with E-state index < -0.39 is 0 Å². The van der Waals surface area contributed by atoms with Gasteiger partial charge >= 0.3 is 0 Å². The van der Waals surface area contributed by atoms with Gasteiger partial charge in [0.05, 0.1) is 6.61 Å². The molecule has 2 heteroatoms. The summed E-state index contributed by atoms with van der Waals surface area (Å²) in [6.07, 6.45) is 2.44. The molecule has 1 aromatic rings. The third-order valence-corrected chi connectivity index (χ3v) is 3.38. The van der Waals surface area contributed by atoms with Crippen LogP contribution in [0.25, 0.3) is 0 Å². The lowest BCUT2D eigenvalue weighted by atomic mass is 9.83. The first-order chi connectivity index (χ1) is 9.25. The number of ether oxygens (including phenoxy) is 1. The van der Waals surface area contributed by atoms with Crippen molar-refractivity contribution in [2.75, 3.05) is 6.61 Å². The van der Waals surface area contributed by atoms with Gasteiger partial charge in [-0.05, 0) is 44.6 Å². The zero-order valence-electron chi connectivity index (χ0n) is 13.8. The normalized spacial score (nSPS) is 11.5. The summed E-state index contributed by atoms with van der Waals surface area (Å²) in [4.78, 5) is 11.1. The molecule has 0 aromatic heterocycles. The van der Waals surface area contributed by atoms with Crippen LogP contribution in [-0.4, -0.2) is 12.4 Å². The average molecular weight is 276 g/mol. The second-order valence-corrected chi connectivity index (χ2v) is 6.54. The Morgan fingerprint density at radius 1 is 1.25 bits per heavy atom. The maximum absolute atomic E-state index is 11.1. The topological polar surface area (TPSA) is 26.3 Å². The number of hydrogen-bond acceptors (Lipinski definition) is 2. The molecular formula is C18H28O2. The molecule has 0 unspecified atom stereocenters. The van der Waals surface area contributed by atoms with Crippen molar-refractivity contribution in [3.8, 4) is 5.75 Å². The van der Waals surface area contributed by atoms with Gasteiger partial charge in [0.2, 0.25) is 0 Å². The van der Waals surface area contributed by atoms with Crippen LogP contribution in [0.3, 0.4) is 0 Å². The van der Waals surface area contributed by atoms with Gasteiger partial charge in [0, 0.05) is 12.0 Å². The monoisotopic (exact) mass is 276 g/mol. The highest BCUT2D eigenvalue weighted by Gasteiger charge is 2.22. The minimum absolute atomic E-state index is 0.0614. The summed E-state index contributed by atoms with van der Waals surface area (Å²) >= 11 is 0. The maximum atomic E-state index is 11.1. The first kappa shape index (κ1) is 16.7. The Morgan fingerprint density at radius 2 is 1.90 bits per heavy atom. The predicted molar refractivity (Wildman–Crippen MR) is 84.7 cm³/mol. The SMILES string of the molecule is CCOc1c(CCCC(C)=O)cc(C)cc1C(C)(C)C. The van der Waals surface area contributed by atoms with E-state index in [1.807, 2.05) is 6.92 Å². The molecule has 0 fully saturated rings. The van der Waals surface area contributed by atoms with Gasteiger partial charge in [0.25, 0.3) is 0 Å². The van der Waals surface area contributed by atoms with Crippen molar-refractivity contribution in [3.63, 3.8) is 0 Å². The van der Waals surface area contributed by atoms with E-state index in [9.17, 15) is 4.79 Å². The molecular weight excluding hydrogens is 248 g/mol. The average Bonchev–Trinajstić information content (AvgIpc) is 2.30. The fourth-order valence-corrected chi connectivity index (χ4v) is 2.43. The number of ketones is 1. The number of carbonyl (C=O) groups excluding carboxylic acids is 1. The zero-order chi connectivity index (χ0) is 15.3. The van der Waals surface area contributed by atoms with Gasteiger partial charge in [-0.2, -0.15) is 0 Å². The van der Waals surface area contributed by atoms with E-state index in [2.05, 4.69) is 39.8 Å². The summed E-state index contributed by atoms with van der Waals surface area (Å²) in [5, 5.41) is 0. The minimum atomic E-state index is 0.0614. The lowest BCUT2D eigenvalue weighted by Gasteiger charge is -2.25. The molecule has 20 heavy (non-hydrogen) atoms. The Hall–Kier alpha value is -1.31. The van der Waals surface area contributed by atoms with Gasteiger partial charge in [-0.1, -0.05) is 38.5 Å². The standard InChI is InChI=1S/C18H28O2/c1-7-20-17-15(10-8-9-14(3)19)11-13(2)12-16(17)18(4,5)6/h11-12H,7-10H2,1-6H3. The van der Waals surface area contributed by atoms with E-state index in [0.29, 0.717) is 13.0 Å². The Labute approximate surface area is 123 Å². The third kappa shape index (κ3) is 4.66. The number of aryl methyl sites for hydroxylation is 2. The second kappa shape index (κ2) is 6.92. The third-order valence-electron chi connectivity index (χ3n) is 3.38. The van der Waals surface area contributed by atoms with E-state index in [-0.39, 0.29) is 11.2 Å². The molecule has 0 atom stereocenters. The number of carbonyl (C=O) groups is 1. The highest BCUT2D eigenvalue weighted by Crippen LogP contribution is 2.36. The van der Waals surface area contributed by atoms with Crippen LogP contribution in [0.5, 0.6) is 5.75 Å². The van der Waals surface area contributed by atoms with Gasteiger partial charge in [0.1, 0.15) is 11.5 Å². The summed E-state index contributed by atoms with van der Waals surface area (Å²) in [7, 11) is 0. The van der Waals surface area contributed by atoms with Crippen LogP contribution in [-0.2, 0) is 16.6 Å². The summed E-state index contributed by atoms with van der Waals surface area (Å²) < 4.78 is 5.92. The molecule has 2 nitrogen and oxygen atoms in total. The van der Waals surface area contributed by atoms with Gasteiger partial charge in [0.15, 0.2) is 0 Å². The molecule has 112 valence electrons. The molecule has 0 N–H and O–H groups in total. The fraction of sp³-hybridized carbons (Fsp3) is 0.611. The van der Waals surface area contributed by atoms with E-state index in [4.69, 9.17) is 4.74 Å². The Bertz CT molecular complexity index is 467. The van der Waals surface area contributed by atoms with E-state index in [1.165, 1.54) is 16.7 Å². The van der Waals surface area contributed by atoms with E-state index in [1.54, 1.807) is 6.92 Å². The Kier molecular flexibility index (Phi) is 5.79. The van der Waals surface area contributed by atoms with Crippen molar-refractivity contribution in [3.05, 3.63) is 28.8 Å². The number of rotatable bonds is 6. The molecule has 0 aliphatic carbocycles. The molecule has 0 bridgehead atoms. The Balaban J connectivity index is 3.13. The summed E-state index contributed by atoms with van der Waals surface area (Å²) in [6, 6.07) is 4.42. The number of Topliss-reactive ketones (excluding diaryl/α,β-unsaturated/α-hetero) is 1. The number of benzene rings is 1. The van der Waals surface area contributed by atoms with Gasteiger partial charge in [-0.3, -0.25) is 0 Å². The van der Waals surface area contributed by atoms with Crippen molar-refractivity contribution < 1.29 is 9.53 Å². The van der Waals surface area contributed by atoms with Gasteiger partial charge in [-0.25, -0.2) is 0 Å². The first-order valence-electron chi connectivity index (χ1n) is 7.52. The quantitative estimate of drug-likeness (QED) is 0.759. The molecule has 1 rings (SSSR count). The summed E-state index contributed by atoms with van der Waals surface area (Å²) in [5.41, 5.74) is 3.82. The zero-order valence-corrected chi connectivity index (χ0v) is 13.8. The van der Waals surface area contributed by atoms with Crippen LogP contribution in [0.4, 0.5) is 0 Å². The molecule has 0 spiro atoms. The summed E-state index contributed by atoms with van der Waals surface area (Å²) in [5.74, 6) is 1.28. The van der Waals surface area contributed by atoms with Crippen LogP contribution >= 0.6 is 0 Å². The second-order valence-electron chi connectivity index (χ2n) is 6.54. The molecule has 1 aromatic carbocycles. The van der Waals surface area contributed by atoms with Crippen molar-refractivity contribution >= 4 is 5.78 Å².